The van der Waals surface area contributed by atoms with Crippen LogP contribution in [0.1, 0.15) is 35.4 Å². The summed E-state index contributed by atoms with van der Waals surface area (Å²) < 4.78 is 0. The minimum Gasteiger partial charge on any atom is -0.310 e. The van der Waals surface area contributed by atoms with Crippen molar-refractivity contribution < 1.29 is 0 Å². The van der Waals surface area contributed by atoms with Crippen LogP contribution in [0.4, 0.5) is 0 Å². The van der Waals surface area contributed by atoms with Crippen LogP contribution in [0.3, 0.4) is 0 Å². The van der Waals surface area contributed by atoms with Crippen LogP contribution in [-0.4, -0.2) is 12.1 Å². The fourth-order valence-electron chi connectivity index (χ4n) is 3.59. The topological polar surface area (TPSA) is 12.0 Å². The lowest BCUT2D eigenvalue weighted by Crippen LogP contribution is -2.36. The summed E-state index contributed by atoms with van der Waals surface area (Å²) in [5.41, 5.74) is 4.61. The predicted molar refractivity (Wildman–Crippen MR) is 83.0 cm³/mol. The zero-order valence-corrected chi connectivity index (χ0v) is 11.8. The largest absolute Gasteiger partial charge is 0.310 e. The van der Waals surface area contributed by atoms with Crippen LogP contribution in [0.25, 0.3) is 0 Å². The van der Waals surface area contributed by atoms with Crippen LogP contribution in [-0.2, 0) is 12.8 Å². The molecule has 2 aliphatic rings. The molecule has 1 N–H and O–H groups in total. The van der Waals surface area contributed by atoms with Crippen LogP contribution in [0, 0.1) is 0 Å². The first-order valence-corrected chi connectivity index (χ1v) is 7.78. The molecule has 0 aliphatic heterocycles. The second-order valence-electron chi connectivity index (χ2n) is 6.23. The first-order valence-electron chi connectivity index (χ1n) is 7.78. The molecule has 4 rings (SSSR count). The fraction of sp³-hybridized carbons (Fsp3) is 0.368. The van der Waals surface area contributed by atoms with Gasteiger partial charge in [0, 0.05) is 18.0 Å². The Kier molecular flexibility index (Phi) is 3.08. The number of aryl methyl sites for hydroxylation is 1. The highest BCUT2D eigenvalue weighted by molar-refractivity contribution is 5.31. The molecule has 102 valence electrons. The molecule has 1 saturated carbocycles. The van der Waals surface area contributed by atoms with E-state index in [4.69, 9.17) is 0 Å². The van der Waals surface area contributed by atoms with Crippen LogP contribution in [0.5, 0.6) is 0 Å². The third-order valence-electron chi connectivity index (χ3n) is 4.81. The summed E-state index contributed by atoms with van der Waals surface area (Å²) in [6.07, 6.45) is 5.03. The molecule has 0 radical (unpaired) electrons. The molecular weight excluding hydrogens is 242 g/mol. The number of nitrogens with one attached hydrogen (secondary N) is 1. The Bertz CT molecular complexity index is 590. The first kappa shape index (κ1) is 12.2. The molecule has 2 aromatic carbocycles. The summed E-state index contributed by atoms with van der Waals surface area (Å²) in [4.78, 5) is 0. The van der Waals surface area contributed by atoms with Crippen molar-refractivity contribution in [2.45, 2.75) is 43.7 Å². The average molecular weight is 263 g/mol. The summed E-state index contributed by atoms with van der Waals surface area (Å²) in [6.45, 7) is 0. The lowest BCUT2D eigenvalue weighted by atomic mass is 9.88. The third-order valence-corrected chi connectivity index (χ3v) is 4.81. The fourth-order valence-corrected chi connectivity index (χ4v) is 3.59. The number of benzene rings is 2. The Morgan fingerprint density at radius 3 is 2.45 bits per heavy atom. The highest BCUT2D eigenvalue weighted by atomic mass is 15.0. The van der Waals surface area contributed by atoms with Crippen molar-refractivity contribution in [2.75, 3.05) is 0 Å². The monoisotopic (exact) mass is 263 g/mol. The van der Waals surface area contributed by atoms with E-state index in [9.17, 15) is 0 Å². The zero-order chi connectivity index (χ0) is 13.4. The molecule has 1 nitrogen and oxygen atoms in total. The SMILES string of the molecule is c1ccc(C2CC2NC2CCc3ccccc3C2)cc1. The van der Waals surface area contributed by atoms with E-state index in [0.29, 0.717) is 12.1 Å². The molecular formula is C19H21N. The van der Waals surface area contributed by atoms with Gasteiger partial charge in [-0.2, -0.15) is 0 Å². The Labute approximate surface area is 121 Å². The molecule has 0 aromatic heterocycles. The quantitative estimate of drug-likeness (QED) is 0.890. The molecule has 0 amide bonds. The van der Waals surface area contributed by atoms with Gasteiger partial charge < -0.3 is 5.32 Å². The van der Waals surface area contributed by atoms with Gasteiger partial charge in [0.2, 0.25) is 0 Å². The van der Waals surface area contributed by atoms with Gasteiger partial charge in [-0.05, 0) is 42.4 Å². The number of fused-ring (bicyclic) bond motifs is 1. The van der Waals surface area contributed by atoms with E-state index in [0.717, 1.165) is 5.92 Å². The Hall–Kier alpha value is -1.60. The summed E-state index contributed by atoms with van der Waals surface area (Å²) >= 11 is 0. The van der Waals surface area contributed by atoms with E-state index >= 15 is 0 Å². The van der Waals surface area contributed by atoms with Gasteiger partial charge in [0.1, 0.15) is 0 Å². The summed E-state index contributed by atoms with van der Waals surface area (Å²) in [7, 11) is 0. The van der Waals surface area contributed by atoms with E-state index in [-0.39, 0.29) is 0 Å². The number of rotatable bonds is 3. The Morgan fingerprint density at radius 2 is 1.60 bits per heavy atom. The molecule has 2 aliphatic carbocycles. The van der Waals surface area contributed by atoms with Crippen molar-refractivity contribution in [2.24, 2.45) is 0 Å². The molecule has 20 heavy (non-hydrogen) atoms. The molecule has 0 spiro atoms. The Balaban J connectivity index is 1.38. The van der Waals surface area contributed by atoms with Crippen molar-refractivity contribution in [1.82, 2.24) is 5.32 Å². The van der Waals surface area contributed by atoms with Crippen molar-refractivity contribution in [3.05, 3.63) is 71.3 Å². The standard InChI is InChI=1S/C19H21N/c1-2-7-15(8-3-1)18-13-19(18)20-17-11-10-14-6-4-5-9-16(14)12-17/h1-9,17-20H,10-13H2. The van der Waals surface area contributed by atoms with E-state index in [1.54, 1.807) is 11.1 Å². The highest BCUT2D eigenvalue weighted by Gasteiger charge is 2.39. The second-order valence-corrected chi connectivity index (χ2v) is 6.23. The van der Waals surface area contributed by atoms with E-state index in [1.807, 2.05) is 0 Å². The van der Waals surface area contributed by atoms with Gasteiger partial charge >= 0.3 is 0 Å². The minimum atomic E-state index is 0.670. The molecule has 1 fully saturated rings. The van der Waals surface area contributed by atoms with E-state index in [2.05, 4.69) is 59.9 Å². The van der Waals surface area contributed by atoms with Gasteiger partial charge in [-0.1, -0.05) is 54.6 Å². The third kappa shape index (κ3) is 2.38. The van der Waals surface area contributed by atoms with Gasteiger partial charge in [0.15, 0.2) is 0 Å². The van der Waals surface area contributed by atoms with Crippen molar-refractivity contribution in [3.63, 3.8) is 0 Å². The Morgan fingerprint density at radius 1 is 0.850 bits per heavy atom. The van der Waals surface area contributed by atoms with Crippen molar-refractivity contribution >= 4 is 0 Å². The lowest BCUT2D eigenvalue weighted by molar-refractivity contribution is 0.452. The van der Waals surface area contributed by atoms with E-state index < -0.39 is 0 Å². The summed E-state index contributed by atoms with van der Waals surface area (Å²) in [5.74, 6) is 0.744. The van der Waals surface area contributed by atoms with Gasteiger partial charge in [-0.3, -0.25) is 0 Å². The highest BCUT2D eigenvalue weighted by Crippen LogP contribution is 2.41. The van der Waals surface area contributed by atoms with Gasteiger partial charge in [-0.25, -0.2) is 0 Å². The predicted octanol–water partition coefficient (Wildman–Crippen LogP) is 3.69. The van der Waals surface area contributed by atoms with Crippen LogP contribution in [0.2, 0.25) is 0 Å². The van der Waals surface area contributed by atoms with Gasteiger partial charge in [0.25, 0.3) is 0 Å². The number of hydrogen-bond acceptors (Lipinski definition) is 1. The van der Waals surface area contributed by atoms with Gasteiger partial charge in [-0.15, -0.1) is 0 Å². The molecule has 2 aromatic rings. The molecule has 0 saturated heterocycles. The molecule has 0 heterocycles. The maximum atomic E-state index is 3.88. The van der Waals surface area contributed by atoms with Crippen LogP contribution < -0.4 is 5.32 Å². The van der Waals surface area contributed by atoms with Crippen molar-refractivity contribution in [1.29, 1.82) is 0 Å². The average Bonchev–Trinajstić information content (AvgIpc) is 3.27. The maximum absolute atomic E-state index is 3.88. The number of hydrogen-bond donors (Lipinski definition) is 1. The van der Waals surface area contributed by atoms with E-state index in [1.165, 1.54) is 31.2 Å². The summed E-state index contributed by atoms with van der Waals surface area (Å²) in [5, 5.41) is 3.88. The lowest BCUT2D eigenvalue weighted by Gasteiger charge is -2.25. The molecule has 1 heteroatoms. The minimum absolute atomic E-state index is 0.670. The molecule has 3 unspecified atom stereocenters. The van der Waals surface area contributed by atoms with Crippen LogP contribution >= 0.6 is 0 Å². The maximum Gasteiger partial charge on any atom is 0.0145 e. The smallest absolute Gasteiger partial charge is 0.0145 e. The normalized spacial score (nSPS) is 27.9. The molecule has 0 bridgehead atoms. The zero-order valence-electron chi connectivity index (χ0n) is 11.8. The molecule has 3 atom stereocenters. The second kappa shape index (κ2) is 5.06. The summed E-state index contributed by atoms with van der Waals surface area (Å²) in [6, 6.07) is 21.2. The van der Waals surface area contributed by atoms with Crippen molar-refractivity contribution in [3.8, 4) is 0 Å². The first-order chi connectivity index (χ1) is 9.90. The van der Waals surface area contributed by atoms with Gasteiger partial charge in [0.05, 0.1) is 0 Å². The van der Waals surface area contributed by atoms with Crippen LogP contribution in [0.15, 0.2) is 54.6 Å².